The minimum absolute atomic E-state index is 0.114. The minimum atomic E-state index is -0.848. The Labute approximate surface area is 111 Å². The van der Waals surface area contributed by atoms with E-state index in [1.165, 1.54) is 17.2 Å². The molecule has 6 heteroatoms. The van der Waals surface area contributed by atoms with E-state index in [1.54, 1.807) is 7.05 Å². The number of aromatic nitrogens is 1. The van der Waals surface area contributed by atoms with E-state index in [9.17, 15) is 14.3 Å². The number of nitrogen functional groups attached to an aromatic ring is 1. The highest BCUT2D eigenvalue weighted by Crippen LogP contribution is 2.30. The van der Waals surface area contributed by atoms with Crippen molar-refractivity contribution in [1.82, 2.24) is 9.88 Å². The first kappa shape index (κ1) is 13.7. The van der Waals surface area contributed by atoms with Gasteiger partial charge in [-0.1, -0.05) is 12.8 Å². The summed E-state index contributed by atoms with van der Waals surface area (Å²) in [4.78, 5) is 17.1. The van der Waals surface area contributed by atoms with Crippen LogP contribution in [0.3, 0.4) is 0 Å². The van der Waals surface area contributed by atoms with Gasteiger partial charge < -0.3 is 15.7 Å². The zero-order chi connectivity index (χ0) is 14.0. The van der Waals surface area contributed by atoms with Crippen molar-refractivity contribution in [1.29, 1.82) is 0 Å². The van der Waals surface area contributed by atoms with Crippen LogP contribution in [0.1, 0.15) is 36.0 Å². The first-order chi connectivity index (χ1) is 8.93. The van der Waals surface area contributed by atoms with Crippen LogP contribution in [0.25, 0.3) is 0 Å². The van der Waals surface area contributed by atoms with Crippen LogP contribution >= 0.6 is 0 Å². The molecule has 3 N–H and O–H groups in total. The molecule has 5 nitrogen and oxygen atoms in total. The lowest BCUT2D eigenvalue weighted by Gasteiger charge is -2.28. The highest BCUT2D eigenvalue weighted by atomic mass is 19.1. The summed E-state index contributed by atoms with van der Waals surface area (Å²) < 4.78 is 13.7. The molecule has 1 aliphatic carbocycles. The standard InChI is InChI=1S/C13H18FN3O2/c1-17(8-13(19)5-2-3-6-13)12(18)9-4-7-16-11(15)10(9)14/h4,7,19H,2-3,5-6,8H2,1H3,(H2,15,16). The zero-order valence-electron chi connectivity index (χ0n) is 10.9. The number of aliphatic hydroxyl groups is 1. The molecule has 0 atom stereocenters. The summed E-state index contributed by atoms with van der Waals surface area (Å²) in [6.45, 7) is 0.202. The van der Waals surface area contributed by atoms with Gasteiger partial charge in [-0.3, -0.25) is 4.79 Å². The van der Waals surface area contributed by atoms with Gasteiger partial charge >= 0.3 is 0 Å². The number of hydrogen-bond donors (Lipinski definition) is 2. The van der Waals surface area contributed by atoms with Crippen molar-refractivity contribution in [3.63, 3.8) is 0 Å². The molecule has 104 valence electrons. The van der Waals surface area contributed by atoms with Crippen LogP contribution < -0.4 is 5.73 Å². The van der Waals surface area contributed by atoms with E-state index in [-0.39, 0.29) is 17.9 Å². The molecule has 0 aromatic carbocycles. The molecule has 1 aromatic heterocycles. The molecule has 1 heterocycles. The number of carbonyl (C=O) groups excluding carboxylic acids is 1. The lowest BCUT2D eigenvalue weighted by atomic mass is 10.0. The summed E-state index contributed by atoms with van der Waals surface area (Å²) in [6.07, 6.45) is 4.55. The van der Waals surface area contributed by atoms with Gasteiger partial charge in [-0.2, -0.15) is 0 Å². The van der Waals surface area contributed by atoms with E-state index < -0.39 is 17.3 Å². The third-order valence-corrected chi connectivity index (χ3v) is 3.56. The summed E-state index contributed by atoms with van der Waals surface area (Å²) in [5.41, 5.74) is 4.38. The topological polar surface area (TPSA) is 79.5 Å². The maximum atomic E-state index is 13.7. The monoisotopic (exact) mass is 267 g/mol. The average molecular weight is 267 g/mol. The molecule has 1 amide bonds. The van der Waals surface area contributed by atoms with Crippen molar-refractivity contribution in [2.75, 3.05) is 19.3 Å². The van der Waals surface area contributed by atoms with E-state index >= 15 is 0 Å². The quantitative estimate of drug-likeness (QED) is 0.862. The fourth-order valence-electron chi connectivity index (χ4n) is 2.54. The molecule has 19 heavy (non-hydrogen) atoms. The Morgan fingerprint density at radius 1 is 1.58 bits per heavy atom. The highest BCUT2D eigenvalue weighted by molar-refractivity contribution is 5.95. The summed E-state index contributed by atoms with van der Waals surface area (Å²) in [7, 11) is 1.55. The molecule has 0 radical (unpaired) electrons. The van der Waals surface area contributed by atoms with Gasteiger partial charge in [0.1, 0.15) is 0 Å². The van der Waals surface area contributed by atoms with Crippen molar-refractivity contribution in [3.05, 3.63) is 23.6 Å². The van der Waals surface area contributed by atoms with Crippen molar-refractivity contribution >= 4 is 11.7 Å². The molecule has 1 saturated carbocycles. The lowest BCUT2D eigenvalue weighted by Crippen LogP contribution is -2.42. The third-order valence-electron chi connectivity index (χ3n) is 3.56. The fraction of sp³-hybridized carbons (Fsp3) is 0.538. The van der Waals surface area contributed by atoms with Gasteiger partial charge in [-0.25, -0.2) is 9.37 Å². The maximum Gasteiger partial charge on any atom is 0.256 e. The van der Waals surface area contributed by atoms with E-state index in [0.717, 1.165) is 12.8 Å². The molecule has 1 fully saturated rings. The number of amides is 1. The van der Waals surface area contributed by atoms with Crippen LogP contribution in [0.2, 0.25) is 0 Å². The van der Waals surface area contributed by atoms with E-state index in [1.807, 2.05) is 0 Å². The fourth-order valence-corrected chi connectivity index (χ4v) is 2.54. The van der Waals surface area contributed by atoms with Crippen molar-refractivity contribution in [2.24, 2.45) is 0 Å². The van der Waals surface area contributed by atoms with Crippen LogP contribution in [-0.4, -0.2) is 40.1 Å². The van der Waals surface area contributed by atoms with Crippen LogP contribution in [0, 0.1) is 5.82 Å². The smallest absolute Gasteiger partial charge is 0.256 e. The van der Waals surface area contributed by atoms with E-state index in [0.29, 0.717) is 12.8 Å². The average Bonchev–Trinajstić information content (AvgIpc) is 2.78. The normalized spacial score (nSPS) is 17.4. The van der Waals surface area contributed by atoms with Crippen molar-refractivity contribution in [2.45, 2.75) is 31.3 Å². The predicted molar refractivity (Wildman–Crippen MR) is 69.0 cm³/mol. The van der Waals surface area contributed by atoms with E-state index in [2.05, 4.69) is 4.98 Å². The summed E-state index contributed by atoms with van der Waals surface area (Å²) >= 11 is 0. The number of nitrogens with zero attached hydrogens (tertiary/aromatic N) is 2. The Morgan fingerprint density at radius 3 is 2.84 bits per heavy atom. The molecule has 2 rings (SSSR count). The number of hydrogen-bond acceptors (Lipinski definition) is 4. The Balaban J connectivity index is 2.12. The van der Waals surface area contributed by atoms with Gasteiger partial charge in [-0.15, -0.1) is 0 Å². The molecule has 1 aliphatic rings. The van der Waals surface area contributed by atoms with Gasteiger partial charge in [0.05, 0.1) is 11.2 Å². The third kappa shape index (κ3) is 2.84. The second-order valence-electron chi connectivity index (χ2n) is 5.15. The molecular formula is C13H18FN3O2. The number of anilines is 1. The first-order valence-electron chi connectivity index (χ1n) is 6.31. The largest absolute Gasteiger partial charge is 0.388 e. The molecule has 0 aliphatic heterocycles. The van der Waals surface area contributed by atoms with Crippen LogP contribution in [0.15, 0.2) is 12.3 Å². The summed E-state index contributed by atoms with van der Waals surface area (Å²) in [5, 5.41) is 10.3. The van der Waals surface area contributed by atoms with Crippen molar-refractivity contribution < 1.29 is 14.3 Å². The Hall–Kier alpha value is -1.69. The van der Waals surface area contributed by atoms with Gasteiger partial charge in [0, 0.05) is 19.8 Å². The number of likely N-dealkylation sites (N-methyl/N-ethyl adjacent to an activating group) is 1. The van der Waals surface area contributed by atoms with Crippen LogP contribution in [0.5, 0.6) is 0 Å². The summed E-state index contributed by atoms with van der Waals surface area (Å²) in [6, 6.07) is 1.29. The molecule has 0 bridgehead atoms. The second kappa shape index (κ2) is 5.13. The minimum Gasteiger partial charge on any atom is -0.388 e. The molecule has 1 aromatic rings. The SMILES string of the molecule is CN(CC1(O)CCCC1)C(=O)c1ccnc(N)c1F. The number of rotatable bonds is 3. The number of nitrogens with two attached hydrogens (primary N) is 1. The zero-order valence-corrected chi connectivity index (χ0v) is 10.9. The number of pyridine rings is 1. The molecule has 0 unspecified atom stereocenters. The molecule has 0 saturated heterocycles. The number of halogens is 1. The van der Waals surface area contributed by atoms with Gasteiger partial charge in [0.15, 0.2) is 11.6 Å². The Morgan fingerprint density at radius 2 is 2.21 bits per heavy atom. The maximum absolute atomic E-state index is 13.7. The van der Waals surface area contributed by atoms with Crippen LogP contribution in [0.4, 0.5) is 10.2 Å². The number of carbonyl (C=O) groups is 1. The Bertz CT molecular complexity index is 487. The predicted octanol–water partition coefficient (Wildman–Crippen LogP) is 1.18. The van der Waals surface area contributed by atoms with Gasteiger partial charge in [0.25, 0.3) is 5.91 Å². The Kier molecular flexibility index (Phi) is 3.71. The summed E-state index contributed by atoms with van der Waals surface area (Å²) in [5.74, 6) is -1.59. The molecule has 0 spiro atoms. The lowest BCUT2D eigenvalue weighted by molar-refractivity contribution is 0.0155. The van der Waals surface area contributed by atoms with Crippen molar-refractivity contribution in [3.8, 4) is 0 Å². The van der Waals surface area contributed by atoms with Gasteiger partial charge in [0.2, 0.25) is 0 Å². The van der Waals surface area contributed by atoms with Crippen LogP contribution in [-0.2, 0) is 0 Å². The second-order valence-corrected chi connectivity index (χ2v) is 5.15. The van der Waals surface area contributed by atoms with E-state index in [4.69, 9.17) is 5.73 Å². The van der Waals surface area contributed by atoms with Gasteiger partial charge in [-0.05, 0) is 18.9 Å². The highest BCUT2D eigenvalue weighted by Gasteiger charge is 2.34. The first-order valence-corrected chi connectivity index (χ1v) is 6.31. The molecular weight excluding hydrogens is 249 g/mol.